The minimum atomic E-state index is 0.282. The normalized spacial score (nSPS) is 26.9. The second-order valence-electron chi connectivity index (χ2n) is 6.02. The number of hydrogen-bond donors (Lipinski definition) is 1. The largest absolute Gasteiger partial charge is 0.469 e. The number of carbonyl (C=O) groups is 1. The molecule has 3 heterocycles. The fourth-order valence-electron chi connectivity index (χ4n) is 3.52. The first kappa shape index (κ1) is 13.7. The lowest BCUT2D eigenvalue weighted by Gasteiger charge is -2.36. The third kappa shape index (κ3) is 3.23. The first-order valence-electron chi connectivity index (χ1n) is 7.86. The van der Waals surface area contributed by atoms with Gasteiger partial charge in [-0.1, -0.05) is 0 Å². The molecule has 4 nitrogen and oxygen atoms in total. The quantitative estimate of drug-likeness (QED) is 0.917. The minimum Gasteiger partial charge on any atom is -0.469 e. The van der Waals surface area contributed by atoms with Crippen LogP contribution in [-0.4, -0.2) is 36.5 Å². The molecule has 1 amide bonds. The number of likely N-dealkylation sites (tertiary alicyclic amines) is 1. The fourth-order valence-corrected chi connectivity index (χ4v) is 3.52. The van der Waals surface area contributed by atoms with Crippen LogP contribution in [0, 0.1) is 5.92 Å². The molecular formula is C16H24N2O2. The summed E-state index contributed by atoms with van der Waals surface area (Å²) in [6.45, 7) is 3.02. The van der Waals surface area contributed by atoms with E-state index < -0.39 is 0 Å². The Morgan fingerprint density at radius 2 is 2.35 bits per heavy atom. The first-order chi connectivity index (χ1) is 9.83. The van der Waals surface area contributed by atoms with Crippen LogP contribution in [0.2, 0.25) is 0 Å². The Morgan fingerprint density at radius 1 is 1.40 bits per heavy atom. The summed E-state index contributed by atoms with van der Waals surface area (Å²) in [5.74, 6) is 1.84. The van der Waals surface area contributed by atoms with Crippen LogP contribution in [-0.2, 0) is 11.2 Å². The van der Waals surface area contributed by atoms with Crippen molar-refractivity contribution in [3.05, 3.63) is 24.2 Å². The lowest BCUT2D eigenvalue weighted by atomic mass is 9.89. The summed E-state index contributed by atoms with van der Waals surface area (Å²) in [7, 11) is 0. The lowest BCUT2D eigenvalue weighted by molar-refractivity contribution is -0.133. The van der Waals surface area contributed by atoms with Gasteiger partial charge in [0.25, 0.3) is 0 Å². The van der Waals surface area contributed by atoms with Gasteiger partial charge in [-0.25, -0.2) is 0 Å². The van der Waals surface area contributed by atoms with Crippen LogP contribution in [0.25, 0.3) is 0 Å². The molecule has 20 heavy (non-hydrogen) atoms. The van der Waals surface area contributed by atoms with Crippen molar-refractivity contribution in [2.45, 2.75) is 44.6 Å². The van der Waals surface area contributed by atoms with Gasteiger partial charge in [0, 0.05) is 32.0 Å². The Balaban J connectivity index is 1.49. The lowest BCUT2D eigenvalue weighted by Crippen LogP contribution is -2.45. The van der Waals surface area contributed by atoms with Crippen molar-refractivity contribution in [3.8, 4) is 0 Å². The van der Waals surface area contributed by atoms with E-state index in [0.29, 0.717) is 24.8 Å². The van der Waals surface area contributed by atoms with Crippen LogP contribution < -0.4 is 5.32 Å². The highest BCUT2D eigenvalue weighted by atomic mass is 16.3. The number of hydrogen-bond acceptors (Lipinski definition) is 3. The Bertz CT molecular complexity index is 424. The standard InChI is InChI=1S/C16H24N2O2/c19-16(8-7-14-5-3-11-20-14)18-10-2-4-13(12-18)15-6-1-9-17-15/h3,5,11,13,15,17H,1-2,4,6-10,12H2. The van der Waals surface area contributed by atoms with E-state index in [0.717, 1.165) is 31.8 Å². The maximum atomic E-state index is 12.3. The molecule has 110 valence electrons. The Morgan fingerprint density at radius 3 is 3.10 bits per heavy atom. The van der Waals surface area contributed by atoms with Gasteiger partial charge in [-0.3, -0.25) is 4.79 Å². The molecule has 2 aliphatic rings. The molecule has 2 aliphatic heterocycles. The van der Waals surface area contributed by atoms with Gasteiger partial charge in [0.15, 0.2) is 0 Å². The van der Waals surface area contributed by atoms with Crippen molar-refractivity contribution < 1.29 is 9.21 Å². The highest BCUT2D eigenvalue weighted by Gasteiger charge is 2.30. The van der Waals surface area contributed by atoms with Crippen LogP contribution in [0.1, 0.15) is 37.9 Å². The van der Waals surface area contributed by atoms with Crippen LogP contribution in [0.15, 0.2) is 22.8 Å². The van der Waals surface area contributed by atoms with Crippen molar-refractivity contribution in [2.75, 3.05) is 19.6 Å². The molecule has 2 atom stereocenters. The molecule has 1 N–H and O–H groups in total. The third-order valence-corrected chi connectivity index (χ3v) is 4.64. The van der Waals surface area contributed by atoms with Gasteiger partial charge in [0.05, 0.1) is 6.26 Å². The molecule has 4 heteroatoms. The molecule has 1 aromatic rings. The molecule has 0 spiro atoms. The van der Waals surface area contributed by atoms with E-state index in [4.69, 9.17) is 4.42 Å². The molecule has 2 saturated heterocycles. The highest BCUT2D eigenvalue weighted by molar-refractivity contribution is 5.76. The van der Waals surface area contributed by atoms with Crippen LogP contribution in [0.4, 0.5) is 0 Å². The van der Waals surface area contributed by atoms with Gasteiger partial charge >= 0.3 is 0 Å². The summed E-state index contributed by atoms with van der Waals surface area (Å²) in [5.41, 5.74) is 0. The van der Waals surface area contributed by atoms with Gasteiger partial charge in [0.1, 0.15) is 5.76 Å². The summed E-state index contributed by atoms with van der Waals surface area (Å²) in [4.78, 5) is 14.4. The summed E-state index contributed by atoms with van der Waals surface area (Å²) in [6.07, 6.45) is 7.93. The van der Waals surface area contributed by atoms with Gasteiger partial charge in [0.2, 0.25) is 5.91 Å². The van der Waals surface area contributed by atoms with E-state index in [9.17, 15) is 4.79 Å². The smallest absolute Gasteiger partial charge is 0.223 e. The zero-order chi connectivity index (χ0) is 13.8. The van der Waals surface area contributed by atoms with E-state index in [1.165, 1.54) is 19.3 Å². The number of carbonyl (C=O) groups excluding carboxylic acids is 1. The molecule has 0 bridgehead atoms. The molecule has 0 radical (unpaired) electrons. The third-order valence-electron chi connectivity index (χ3n) is 4.64. The van der Waals surface area contributed by atoms with Crippen molar-refractivity contribution >= 4 is 5.91 Å². The zero-order valence-corrected chi connectivity index (χ0v) is 12.0. The van der Waals surface area contributed by atoms with E-state index in [1.54, 1.807) is 6.26 Å². The van der Waals surface area contributed by atoms with E-state index in [1.807, 2.05) is 12.1 Å². The number of nitrogens with zero attached hydrogens (tertiary/aromatic N) is 1. The maximum Gasteiger partial charge on any atom is 0.223 e. The van der Waals surface area contributed by atoms with Gasteiger partial charge in [-0.2, -0.15) is 0 Å². The molecule has 2 fully saturated rings. The van der Waals surface area contributed by atoms with E-state index in [2.05, 4.69) is 10.2 Å². The summed E-state index contributed by atoms with van der Waals surface area (Å²) >= 11 is 0. The number of nitrogens with one attached hydrogen (secondary N) is 1. The number of furan rings is 1. The predicted molar refractivity (Wildman–Crippen MR) is 77.4 cm³/mol. The van der Waals surface area contributed by atoms with Crippen molar-refractivity contribution in [3.63, 3.8) is 0 Å². The van der Waals surface area contributed by atoms with E-state index in [-0.39, 0.29) is 5.91 Å². The van der Waals surface area contributed by atoms with Crippen LogP contribution in [0.3, 0.4) is 0 Å². The van der Waals surface area contributed by atoms with Crippen molar-refractivity contribution in [1.82, 2.24) is 10.2 Å². The van der Waals surface area contributed by atoms with E-state index >= 15 is 0 Å². The molecule has 1 aromatic heterocycles. The fraction of sp³-hybridized carbons (Fsp3) is 0.688. The highest BCUT2D eigenvalue weighted by Crippen LogP contribution is 2.25. The summed E-state index contributed by atoms with van der Waals surface area (Å²) in [6, 6.07) is 4.45. The molecule has 2 unspecified atom stereocenters. The van der Waals surface area contributed by atoms with Crippen molar-refractivity contribution in [2.24, 2.45) is 5.92 Å². The Kier molecular flexibility index (Phi) is 4.41. The molecule has 0 aromatic carbocycles. The average Bonchev–Trinajstić information content (AvgIpc) is 3.18. The van der Waals surface area contributed by atoms with Gasteiger partial charge in [-0.15, -0.1) is 0 Å². The monoisotopic (exact) mass is 276 g/mol. The Labute approximate surface area is 120 Å². The molecule has 0 saturated carbocycles. The Hall–Kier alpha value is -1.29. The summed E-state index contributed by atoms with van der Waals surface area (Å²) < 4.78 is 5.29. The second kappa shape index (κ2) is 6.44. The average molecular weight is 276 g/mol. The summed E-state index contributed by atoms with van der Waals surface area (Å²) in [5, 5.41) is 3.59. The zero-order valence-electron chi connectivity index (χ0n) is 12.0. The molecule has 0 aliphatic carbocycles. The maximum absolute atomic E-state index is 12.3. The molecular weight excluding hydrogens is 252 g/mol. The number of aryl methyl sites for hydroxylation is 1. The predicted octanol–water partition coefficient (Wildman–Crippen LogP) is 2.20. The number of amides is 1. The first-order valence-corrected chi connectivity index (χ1v) is 7.86. The topological polar surface area (TPSA) is 45.5 Å². The van der Waals surface area contributed by atoms with Crippen molar-refractivity contribution in [1.29, 1.82) is 0 Å². The van der Waals surface area contributed by atoms with Crippen LogP contribution >= 0.6 is 0 Å². The number of piperidine rings is 1. The van der Waals surface area contributed by atoms with Gasteiger partial charge < -0.3 is 14.6 Å². The SMILES string of the molecule is O=C(CCc1ccco1)N1CCCC(C2CCCN2)C1. The van der Waals surface area contributed by atoms with Crippen LogP contribution in [0.5, 0.6) is 0 Å². The van der Waals surface area contributed by atoms with Gasteiger partial charge in [-0.05, 0) is 50.3 Å². The minimum absolute atomic E-state index is 0.282. The second-order valence-corrected chi connectivity index (χ2v) is 6.02. The number of rotatable bonds is 4. The molecule has 3 rings (SSSR count).